The number of rotatable bonds is 18. The van der Waals surface area contributed by atoms with Crippen LogP contribution in [-0.4, -0.2) is 133 Å². The number of hydrogen-bond acceptors (Lipinski definition) is 13. The molecule has 1 aliphatic heterocycles. The average molecular weight is 654 g/mol. The molecule has 8 N–H and O–H groups in total. The van der Waals surface area contributed by atoms with E-state index in [9.17, 15) is 43.3 Å². The van der Waals surface area contributed by atoms with E-state index < -0.39 is 76.0 Å². The lowest BCUT2D eigenvalue weighted by molar-refractivity contribution is -1.22. The van der Waals surface area contributed by atoms with Crippen LogP contribution in [0.1, 0.15) is 24.8 Å². The second-order valence-corrected chi connectivity index (χ2v) is 11.8. The molecule has 4 unspecified atom stereocenters. The zero-order chi connectivity index (χ0) is 32.9. The summed E-state index contributed by atoms with van der Waals surface area (Å²) in [7, 11) is -1.45. The lowest BCUT2D eigenvalue weighted by Crippen LogP contribution is -2.51. The number of nitrogens with zero attached hydrogens (tertiary/aromatic N) is 1. The molecular formula is C25H41N4O14S+. The Hall–Kier alpha value is -2.98. The van der Waals surface area contributed by atoms with Crippen molar-refractivity contribution in [3.63, 3.8) is 0 Å². The van der Waals surface area contributed by atoms with Gasteiger partial charge in [-0.3, -0.25) is 18.9 Å². The molecule has 2 rings (SSSR count). The molecule has 1 fully saturated rings. The van der Waals surface area contributed by atoms with Crippen molar-refractivity contribution in [2.45, 2.75) is 50.5 Å². The molecule has 1 aliphatic rings. The molecule has 0 aliphatic carbocycles. The van der Waals surface area contributed by atoms with E-state index in [4.69, 9.17) is 23.6 Å². The van der Waals surface area contributed by atoms with Crippen molar-refractivity contribution in [2.24, 2.45) is 0 Å². The average Bonchev–Trinajstić information content (AvgIpc) is 2.92. The van der Waals surface area contributed by atoms with Gasteiger partial charge in [-0.2, -0.15) is 18.5 Å². The molecule has 19 heteroatoms. The number of aliphatic hydroxyl groups is 3. The first kappa shape index (κ1) is 37.2. The fraction of sp³-hybridized carbons (Fsp3) is 0.640. The van der Waals surface area contributed by atoms with Gasteiger partial charge in [-0.05, 0) is 22.5 Å². The number of carbonyl (C=O) groups is 3. The van der Waals surface area contributed by atoms with Gasteiger partial charge in [-0.15, -0.1) is 0 Å². The van der Waals surface area contributed by atoms with E-state index in [1.807, 2.05) is 0 Å². The summed E-state index contributed by atoms with van der Waals surface area (Å²) < 4.78 is 46.4. The molecule has 4 atom stereocenters. The Morgan fingerprint density at radius 1 is 1.07 bits per heavy atom. The van der Waals surface area contributed by atoms with E-state index in [1.54, 1.807) is 6.07 Å². The van der Waals surface area contributed by atoms with E-state index in [1.165, 1.54) is 26.2 Å². The Morgan fingerprint density at radius 3 is 2.43 bits per heavy atom. The number of hydroxylamine groups is 4. The highest BCUT2D eigenvalue weighted by Crippen LogP contribution is 2.31. The van der Waals surface area contributed by atoms with Crippen LogP contribution < -0.4 is 20.7 Å². The van der Waals surface area contributed by atoms with Crippen LogP contribution in [-0.2, 0) is 45.4 Å². The van der Waals surface area contributed by atoms with Crippen molar-refractivity contribution < 1.29 is 71.7 Å². The number of hydrogen-bond donors (Lipinski definition) is 8. The van der Waals surface area contributed by atoms with Gasteiger partial charge in [0, 0.05) is 32.4 Å². The van der Waals surface area contributed by atoms with Gasteiger partial charge < -0.3 is 45.5 Å². The Labute approximate surface area is 254 Å². The van der Waals surface area contributed by atoms with Crippen molar-refractivity contribution in [1.29, 1.82) is 0 Å². The Balaban J connectivity index is 1.86. The van der Waals surface area contributed by atoms with Crippen LogP contribution >= 0.6 is 0 Å². The highest BCUT2D eigenvalue weighted by molar-refractivity contribution is 7.85. The topological polar surface area (TPSA) is 260 Å². The van der Waals surface area contributed by atoms with Crippen molar-refractivity contribution in [3.05, 3.63) is 23.8 Å². The molecule has 1 saturated heterocycles. The smallest absolute Gasteiger partial charge is 0.265 e. The Kier molecular flexibility index (Phi) is 14.8. The van der Waals surface area contributed by atoms with Crippen LogP contribution in [0.4, 0.5) is 5.69 Å². The number of quaternary nitrogens is 1. The number of aliphatic hydroxyl groups excluding tert-OH is 3. The molecule has 1 aromatic carbocycles. The maximum atomic E-state index is 12.7. The van der Waals surface area contributed by atoms with Gasteiger partial charge in [0.15, 0.2) is 0 Å². The highest BCUT2D eigenvalue weighted by Gasteiger charge is 2.37. The molecule has 44 heavy (non-hydrogen) atoms. The minimum absolute atomic E-state index is 0.00934. The molecule has 0 spiro atoms. The minimum Gasteiger partial charge on any atom is -0.463 e. The van der Waals surface area contributed by atoms with Crippen LogP contribution in [0.5, 0.6) is 5.75 Å². The summed E-state index contributed by atoms with van der Waals surface area (Å²) in [4.78, 5) is 40.7. The molecular weight excluding hydrogens is 612 g/mol. The SMILES string of the molecule is C[N+](C)(O)OCc1ccc(OC2CC(O)C(O)C(CO)O2)c(NC(=O)CCNC(=O)COCCNC(=O)CCS(=O)(=O)O)c1. The summed E-state index contributed by atoms with van der Waals surface area (Å²) in [5.74, 6) is -2.21. The molecule has 0 aromatic heterocycles. The van der Waals surface area contributed by atoms with Crippen LogP contribution in [0, 0.1) is 0 Å². The van der Waals surface area contributed by atoms with Gasteiger partial charge in [-0.1, -0.05) is 6.07 Å². The number of nitrogens with one attached hydrogen (secondary N) is 3. The third-order valence-corrected chi connectivity index (χ3v) is 6.62. The number of benzene rings is 1. The molecule has 18 nitrogen and oxygen atoms in total. The van der Waals surface area contributed by atoms with Gasteiger partial charge >= 0.3 is 0 Å². The Morgan fingerprint density at radius 2 is 1.77 bits per heavy atom. The summed E-state index contributed by atoms with van der Waals surface area (Å²) in [5, 5.41) is 46.8. The van der Waals surface area contributed by atoms with Crippen molar-refractivity contribution in [2.75, 3.05) is 58.1 Å². The van der Waals surface area contributed by atoms with Gasteiger partial charge in [-0.25, -0.2) is 0 Å². The van der Waals surface area contributed by atoms with Gasteiger partial charge in [0.1, 0.15) is 45.3 Å². The van der Waals surface area contributed by atoms with Crippen LogP contribution in [0.2, 0.25) is 0 Å². The summed E-state index contributed by atoms with van der Waals surface area (Å²) >= 11 is 0. The third-order valence-electron chi connectivity index (χ3n) is 5.90. The molecule has 0 bridgehead atoms. The molecule has 0 saturated carbocycles. The fourth-order valence-corrected chi connectivity index (χ4v) is 4.14. The fourth-order valence-electron chi connectivity index (χ4n) is 3.70. The van der Waals surface area contributed by atoms with Crippen molar-refractivity contribution in [3.8, 4) is 5.75 Å². The normalized spacial score (nSPS) is 20.5. The third kappa shape index (κ3) is 14.7. The zero-order valence-electron chi connectivity index (χ0n) is 24.4. The first-order chi connectivity index (χ1) is 20.6. The second kappa shape index (κ2) is 17.5. The van der Waals surface area contributed by atoms with Gasteiger partial charge in [0.05, 0.1) is 30.8 Å². The summed E-state index contributed by atoms with van der Waals surface area (Å²) in [6, 6.07) is 4.66. The van der Waals surface area contributed by atoms with E-state index in [2.05, 4.69) is 16.0 Å². The number of amides is 3. The van der Waals surface area contributed by atoms with E-state index in [0.29, 0.717) is 5.56 Å². The summed E-state index contributed by atoms with van der Waals surface area (Å²) in [6.45, 7) is -1.03. The van der Waals surface area contributed by atoms with Crippen molar-refractivity contribution in [1.82, 2.24) is 10.6 Å². The second-order valence-electron chi connectivity index (χ2n) is 10.2. The molecule has 1 aromatic rings. The zero-order valence-corrected chi connectivity index (χ0v) is 25.2. The quantitative estimate of drug-likeness (QED) is 0.0357. The lowest BCUT2D eigenvalue weighted by Gasteiger charge is -2.36. The minimum atomic E-state index is -4.24. The maximum absolute atomic E-state index is 12.7. The van der Waals surface area contributed by atoms with Crippen LogP contribution in [0.15, 0.2) is 18.2 Å². The van der Waals surface area contributed by atoms with E-state index in [0.717, 1.165) is 0 Å². The number of ether oxygens (including phenoxy) is 3. The molecule has 1 heterocycles. The number of anilines is 1. The largest absolute Gasteiger partial charge is 0.463 e. The lowest BCUT2D eigenvalue weighted by atomic mass is 10.0. The first-order valence-electron chi connectivity index (χ1n) is 13.6. The predicted octanol–water partition coefficient (Wildman–Crippen LogP) is -2.35. The van der Waals surface area contributed by atoms with Gasteiger partial charge in [0.2, 0.25) is 24.0 Å². The highest BCUT2D eigenvalue weighted by atomic mass is 32.2. The van der Waals surface area contributed by atoms with E-state index in [-0.39, 0.29) is 57.2 Å². The van der Waals surface area contributed by atoms with E-state index >= 15 is 0 Å². The maximum Gasteiger partial charge on any atom is 0.265 e. The summed E-state index contributed by atoms with van der Waals surface area (Å²) in [6.07, 6.45) is -5.33. The van der Waals surface area contributed by atoms with Gasteiger partial charge in [0.25, 0.3) is 10.1 Å². The first-order valence-corrected chi connectivity index (χ1v) is 15.2. The predicted molar refractivity (Wildman–Crippen MR) is 149 cm³/mol. The number of carbonyl (C=O) groups excluding carboxylic acids is 3. The van der Waals surface area contributed by atoms with Crippen LogP contribution in [0.25, 0.3) is 0 Å². The van der Waals surface area contributed by atoms with Crippen LogP contribution in [0.3, 0.4) is 0 Å². The molecule has 3 amide bonds. The summed E-state index contributed by atoms with van der Waals surface area (Å²) in [5.41, 5.74) is 0.749. The molecule has 0 radical (unpaired) electrons. The molecule has 250 valence electrons. The Bertz CT molecular complexity index is 1210. The van der Waals surface area contributed by atoms with Crippen molar-refractivity contribution >= 4 is 33.5 Å². The monoisotopic (exact) mass is 653 g/mol. The standard InChI is InChI=1S/C25H40N4O14S/c1-29(2,36)41-14-16-3-4-19(42-24-12-18(31)25(35)20(13-30)43-24)17(11-16)28-22(33)5-7-26-23(34)15-40-9-8-27-21(32)6-10-44(37,38)39/h3-4,11,18,20,24-25,30-31,35-36H,5-10,12-15H2,1-2H3,(H3-,26,27,28,32,33,34,37,38,39)/p+1.